The summed E-state index contributed by atoms with van der Waals surface area (Å²) in [6, 6.07) is 7.27. The van der Waals surface area contributed by atoms with E-state index in [4.69, 9.17) is 0 Å². The van der Waals surface area contributed by atoms with Crippen LogP contribution < -0.4 is 5.32 Å². The van der Waals surface area contributed by atoms with Crippen molar-refractivity contribution >= 4 is 29.1 Å². The highest BCUT2D eigenvalue weighted by molar-refractivity contribution is 8.01. The Kier molecular flexibility index (Phi) is 4.19. The largest absolute Gasteiger partial charge is 0.326 e. The van der Waals surface area contributed by atoms with Crippen LogP contribution in [0, 0.1) is 17.8 Å². The Morgan fingerprint density at radius 1 is 1.04 bits per heavy atom. The predicted octanol–water partition coefficient (Wildman–Crippen LogP) is 4.53. The third-order valence-electron chi connectivity index (χ3n) is 6.02. The number of carbonyl (C=O) groups excluding carboxylic acids is 2. The molecule has 4 aliphatic carbocycles. The Labute approximate surface area is 148 Å². The lowest BCUT2D eigenvalue weighted by Crippen LogP contribution is -2.48. The van der Waals surface area contributed by atoms with Gasteiger partial charge >= 0.3 is 0 Å². The first-order chi connectivity index (χ1) is 11.5. The van der Waals surface area contributed by atoms with E-state index < -0.39 is 0 Å². The molecule has 1 amide bonds. The molecular weight excluding hydrogens is 318 g/mol. The molecule has 0 aliphatic heterocycles. The van der Waals surface area contributed by atoms with Gasteiger partial charge in [0.25, 0.3) is 0 Å². The quantitative estimate of drug-likeness (QED) is 0.799. The van der Waals surface area contributed by atoms with Gasteiger partial charge < -0.3 is 5.32 Å². The van der Waals surface area contributed by atoms with Crippen LogP contribution in [0.4, 0.5) is 5.69 Å². The van der Waals surface area contributed by atoms with E-state index in [-0.39, 0.29) is 11.7 Å². The molecule has 0 unspecified atom stereocenters. The molecule has 1 N–H and O–H groups in total. The van der Waals surface area contributed by atoms with Gasteiger partial charge in [-0.05, 0) is 80.5 Å². The number of benzene rings is 1. The van der Waals surface area contributed by atoms with Crippen molar-refractivity contribution in [3.63, 3.8) is 0 Å². The van der Waals surface area contributed by atoms with Gasteiger partial charge in [-0.2, -0.15) is 0 Å². The molecule has 3 nitrogen and oxygen atoms in total. The lowest BCUT2D eigenvalue weighted by atomic mass is 9.56. The van der Waals surface area contributed by atoms with Gasteiger partial charge in [0, 0.05) is 22.9 Å². The number of rotatable bonds is 5. The zero-order valence-corrected chi connectivity index (χ0v) is 15.0. The zero-order valence-electron chi connectivity index (χ0n) is 14.2. The Morgan fingerprint density at radius 2 is 1.58 bits per heavy atom. The molecule has 4 aliphatic rings. The molecule has 4 fully saturated rings. The zero-order chi connectivity index (χ0) is 16.7. The van der Waals surface area contributed by atoms with Crippen molar-refractivity contribution in [1.29, 1.82) is 0 Å². The van der Waals surface area contributed by atoms with Crippen LogP contribution in [0.5, 0.6) is 0 Å². The standard InChI is InChI=1S/C20H25NO2S/c1-13(22)21-18-4-2-17(3-5-18)19(23)12-24-20-9-14-6-15(10-20)8-16(7-14)11-20/h2-5,14-16H,6-12H2,1H3,(H,21,22). The van der Waals surface area contributed by atoms with Crippen LogP contribution in [0.2, 0.25) is 0 Å². The van der Waals surface area contributed by atoms with Crippen molar-refractivity contribution in [3.05, 3.63) is 29.8 Å². The van der Waals surface area contributed by atoms with E-state index in [1.807, 2.05) is 36.0 Å². The van der Waals surface area contributed by atoms with Crippen molar-refractivity contribution in [2.24, 2.45) is 17.8 Å². The van der Waals surface area contributed by atoms with E-state index in [0.29, 0.717) is 10.5 Å². The van der Waals surface area contributed by atoms with Crippen molar-refractivity contribution in [3.8, 4) is 0 Å². The lowest BCUT2D eigenvalue weighted by Gasteiger charge is -2.56. The number of hydrogen-bond donors (Lipinski definition) is 1. The predicted molar refractivity (Wildman–Crippen MR) is 98.4 cm³/mol. The van der Waals surface area contributed by atoms with Crippen molar-refractivity contribution in [1.82, 2.24) is 0 Å². The summed E-state index contributed by atoms with van der Waals surface area (Å²) >= 11 is 1.93. The second-order valence-electron chi connectivity index (χ2n) is 8.07. The molecular formula is C20H25NO2S. The molecule has 128 valence electrons. The highest BCUT2D eigenvalue weighted by Gasteiger charge is 2.51. The summed E-state index contributed by atoms with van der Waals surface area (Å²) in [6.45, 7) is 1.49. The van der Waals surface area contributed by atoms with Gasteiger partial charge in [0.15, 0.2) is 5.78 Å². The molecule has 0 radical (unpaired) electrons. The normalized spacial score (nSPS) is 33.5. The summed E-state index contributed by atoms with van der Waals surface area (Å²) in [5.74, 6) is 3.49. The van der Waals surface area contributed by atoms with Crippen LogP contribution in [0.25, 0.3) is 0 Å². The third-order valence-corrected chi connectivity index (χ3v) is 7.54. The minimum Gasteiger partial charge on any atom is -0.326 e. The van der Waals surface area contributed by atoms with E-state index in [1.54, 1.807) is 0 Å². The fourth-order valence-electron chi connectivity index (χ4n) is 5.45. The first-order valence-corrected chi connectivity index (χ1v) is 10.0. The minimum absolute atomic E-state index is 0.0913. The van der Waals surface area contributed by atoms with E-state index in [1.165, 1.54) is 45.4 Å². The third kappa shape index (κ3) is 3.26. The molecule has 1 aromatic rings. The van der Waals surface area contributed by atoms with Gasteiger partial charge in [-0.25, -0.2) is 0 Å². The van der Waals surface area contributed by atoms with Gasteiger partial charge in [0.2, 0.25) is 5.91 Å². The highest BCUT2D eigenvalue weighted by Crippen LogP contribution is 2.60. The van der Waals surface area contributed by atoms with Gasteiger partial charge in [0.05, 0.1) is 5.75 Å². The van der Waals surface area contributed by atoms with Crippen LogP contribution in [0.15, 0.2) is 24.3 Å². The van der Waals surface area contributed by atoms with Crippen molar-refractivity contribution < 1.29 is 9.59 Å². The highest BCUT2D eigenvalue weighted by atomic mass is 32.2. The topological polar surface area (TPSA) is 46.2 Å². The SMILES string of the molecule is CC(=O)Nc1ccc(C(=O)CSC23CC4CC(CC(C4)C2)C3)cc1. The number of nitrogens with one attached hydrogen (secondary N) is 1. The molecule has 4 saturated carbocycles. The monoisotopic (exact) mass is 343 g/mol. The average Bonchev–Trinajstić information content (AvgIpc) is 2.51. The number of ketones is 1. The molecule has 1 aromatic carbocycles. The second-order valence-corrected chi connectivity index (χ2v) is 9.51. The molecule has 0 heterocycles. The molecule has 0 aromatic heterocycles. The molecule has 0 saturated heterocycles. The number of carbonyl (C=O) groups is 2. The van der Waals surface area contributed by atoms with Gasteiger partial charge in [-0.15, -0.1) is 11.8 Å². The number of amides is 1. The van der Waals surface area contributed by atoms with E-state index >= 15 is 0 Å². The maximum absolute atomic E-state index is 12.6. The first-order valence-electron chi connectivity index (χ1n) is 9.06. The lowest BCUT2D eigenvalue weighted by molar-refractivity contribution is -0.114. The fourth-order valence-corrected chi connectivity index (χ4v) is 7.12. The molecule has 0 spiro atoms. The van der Waals surface area contributed by atoms with Crippen molar-refractivity contribution in [2.45, 2.75) is 50.2 Å². The van der Waals surface area contributed by atoms with E-state index in [9.17, 15) is 9.59 Å². The van der Waals surface area contributed by atoms with Gasteiger partial charge in [-0.1, -0.05) is 0 Å². The second kappa shape index (κ2) is 6.21. The summed E-state index contributed by atoms with van der Waals surface area (Å²) in [6.07, 6.45) is 8.32. The summed E-state index contributed by atoms with van der Waals surface area (Å²) in [4.78, 5) is 23.6. The summed E-state index contributed by atoms with van der Waals surface area (Å²) < 4.78 is 0.389. The number of hydrogen-bond acceptors (Lipinski definition) is 3. The van der Waals surface area contributed by atoms with E-state index in [0.717, 1.165) is 29.0 Å². The number of Topliss-reactive ketones (excluding diaryl/α,β-unsaturated/α-hetero) is 1. The Morgan fingerprint density at radius 3 is 2.08 bits per heavy atom. The van der Waals surface area contributed by atoms with Gasteiger partial charge in [0.1, 0.15) is 0 Å². The van der Waals surface area contributed by atoms with Crippen LogP contribution in [0.3, 0.4) is 0 Å². The maximum Gasteiger partial charge on any atom is 0.221 e. The molecule has 24 heavy (non-hydrogen) atoms. The van der Waals surface area contributed by atoms with Crippen LogP contribution >= 0.6 is 11.8 Å². The number of thioether (sulfide) groups is 1. The van der Waals surface area contributed by atoms with Crippen LogP contribution in [-0.2, 0) is 4.79 Å². The van der Waals surface area contributed by atoms with Gasteiger partial charge in [-0.3, -0.25) is 9.59 Å². The average molecular weight is 343 g/mol. The molecule has 4 heteroatoms. The molecule has 0 atom stereocenters. The van der Waals surface area contributed by atoms with Crippen LogP contribution in [0.1, 0.15) is 55.8 Å². The van der Waals surface area contributed by atoms with Crippen LogP contribution in [-0.4, -0.2) is 22.2 Å². The maximum atomic E-state index is 12.6. The molecule has 4 bridgehead atoms. The summed E-state index contributed by atoms with van der Waals surface area (Å²) in [5.41, 5.74) is 1.49. The minimum atomic E-state index is -0.0913. The Balaban J connectivity index is 1.37. The number of anilines is 1. The van der Waals surface area contributed by atoms with Crippen molar-refractivity contribution in [2.75, 3.05) is 11.1 Å². The smallest absolute Gasteiger partial charge is 0.221 e. The van der Waals surface area contributed by atoms with E-state index in [2.05, 4.69) is 5.32 Å². The first kappa shape index (κ1) is 16.2. The Bertz CT molecular complexity index is 617. The summed E-state index contributed by atoms with van der Waals surface area (Å²) in [7, 11) is 0. The molecule has 5 rings (SSSR count). The fraction of sp³-hybridized carbons (Fsp3) is 0.600. The Hall–Kier alpha value is -1.29. The summed E-state index contributed by atoms with van der Waals surface area (Å²) in [5, 5.41) is 2.74.